The number of fused-ring (bicyclic) bond motifs is 2. The van der Waals surface area contributed by atoms with Gasteiger partial charge in [0.15, 0.2) is 11.6 Å². The Morgan fingerprint density at radius 3 is 2.57 bits per heavy atom. The van der Waals surface area contributed by atoms with Crippen molar-refractivity contribution >= 4 is 17.5 Å². The Kier molecular flexibility index (Phi) is 3.40. The largest absolute Gasteiger partial charge is 0.318 e. The van der Waals surface area contributed by atoms with Crippen LogP contribution in [-0.4, -0.2) is 34.5 Å². The van der Waals surface area contributed by atoms with Gasteiger partial charge in [0.05, 0.1) is 17.6 Å². The zero-order valence-electron chi connectivity index (χ0n) is 12.3. The van der Waals surface area contributed by atoms with Crippen LogP contribution < -0.4 is 0 Å². The number of hydrogen-bond acceptors (Lipinski definition) is 3. The standard InChI is InChI=1S/C17H19NO3/c1-3-10(2)15(19)13-8-9-14-16(20)11-6-4-5-7-12(11)17(21)18(13)14/h4-7,10,13-14H,3,8-9H2,1-2H3. The smallest absolute Gasteiger partial charge is 0.255 e. The van der Waals surface area contributed by atoms with Gasteiger partial charge in [-0.1, -0.05) is 32.0 Å². The zero-order valence-corrected chi connectivity index (χ0v) is 12.3. The first-order valence-corrected chi connectivity index (χ1v) is 7.55. The van der Waals surface area contributed by atoms with Crippen molar-refractivity contribution in [1.82, 2.24) is 4.90 Å². The zero-order chi connectivity index (χ0) is 15.1. The van der Waals surface area contributed by atoms with E-state index in [0.29, 0.717) is 24.0 Å². The van der Waals surface area contributed by atoms with Gasteiger partial charge in [-0.05, 0) is 25.3 Å². The fourth-order valence-corrected chi connectivity index (χ4v) is 3.36. The first-order chi connectivity index (χ1) is 10.1. The second-order valence-electron chi connectivity index (χ2n) is 5.94. The maximum Gasteiger partial charge on any atom is 0.255 e. The lowest BCUT2D eigenvalue weighted by atomic mass is 9.92. The normalized spacial score (nSPS) is 25.5. The Morgan fingerprint density at radius 1 is 1.24 bits per heavy atom. The van der Waals surface area contributed by atoms with Crippen LogP contribution in [0.15, 0.2) is 24.3 Å². The van der Waals surface area contributed by atoms with E-state index in [9.17, 15) is 14.4 Å². The van der Waals surface area contributed by atoms with Crippen molar-refractivity contribution in [1.29, 1.82) is 0 Å². The van der Waals surface area contributed by atoms with E-state index in [2.05, 4.69) is 0 Å². The molecule has 4 heteroatoms. The Bertz CT molecular complexity index is 622. The monoisotopic (exact) mass is 285 g/mol. The molecule has 0 spiro atoms. The second-order valence-corrected chi connectivity index (χ2v) is 5.94. The molecule has 4 nitrogen and oxygen atoms in total. The minimum Gasteiger partial charge on any atom is -0.318 e. The van der Waals surface area contributed by atoms with Gasteiger partial charge in [-0.15, -0.1) is 0 Å². The van der Waals surface area contributed by atoms with E-state index < -0.39 is 12.1 Å². The number of benzene rings is 1. The molecule has 1 saturated heterocycles. The quantitative estimate of drug-likeness (QED) is 0.857. The SMILES string of the molecule is CCC(C)C(=O)C1CCC2C(=O)c3ccccc3C(=O)N21. The van der Waals surface area contributed by atoms with Crippen LogP contribution in [0.3, 0.4) is 0 Å². The fourth-order valence-electron chi connectivity index (χ4n) is 3.36. The molecule has 1 fully saturated rings. The van der Waals surface area contributed by atoms with Crippen molar-refractivity contribution in [2.24, 2.45) is 5.92 Å². The summed E-state index contributed by atoms with van der Waals surface area (Å²) in [4.78, 5) is 39.3. The Balaban J connectivity index is 1.99. The molecule has 3 rings (SSSR count). The van der Waals surface area contributed by atoms with Crippen molar-refractivity contribution in [3.63, 3.8) is 0 Å². The molecule has 1 amide bonds. The molecule has 3 atom stereocenters. The molecule has 2 aliphatic heterocycles. The van der Waals surface area contributed by atoms with Crippen LogP contribution in [0.1, 0.15) is 53.8 Å². The molecule has 0 N–H and O–H groups in total. The number of nitrogens with zero attached hydrogens (tertiary/aromatic N) is 1. The highest BCUT2D eigenvalue weighted by molar-refractivity contribution is 6.16. The Labute approximate surface area is 124 Å². The molecule has 1 aromatic rings. The predicted molar refractivity (Wildman–Crippen MR) is 78.2 cm³/mol. The molecular formula is C17H19NO3. The van der Waals surface area contributed by atoms with Crippen LogP contribution in [0.4, 0.5) is 0 Å². The maximum absolute atomic E-state index is 12.7. The van der Waals surface area contributed by atoms with Crippen molar-refractivity contribution in [3.05, 3.63) is 35.4 Å². The van der Waals surface area contributed by atoms with Gasteiger partial charge in [0.1, 0.15) is 0 Å². The molecule has 0 radical (unpaired) electrons. The summed E-state index contributed by atoms with van der Waals surface area (Å²) < 4.78 is 0. The van der Waals surface area contributed by atoms with Crippen LogP contribution >= 0.6 is 0 Å². The van der Waals surface area contributed by atoms with E-state index in [0.717, 1.165) is 6.42 Å². The summed E-state index contributed by atoms with van der Waals surface area (Å²) >= 11 is 0. The highest BCUT2D eigenvalue weighted by Crippen LogP contribution is 2.35. The van der Waals surface area contributed by atoms with Crippen molar-refractivity contribution < 1.29 is 14.4 Å². The van der Waals surface area contributed by atoms with E-state index in [1.54, 1.807) is 29.2 Å². The molecule has 2 heterocycles. The summed E-state index contributed by atoms with van der Waals surface area (Å²) in [7, 11) is 0. The second kappa shape index (κ2) is 5.10. The van der Waals surface area contributed by atoms with Crippen LogP contribution in [0.2, 0.25) is 0 Å². The third-order valence-electron chi connectivity index (χ3n) is 4.77. The van der Waals surface area contributed by atoms with Gasteiger partial charge in [-0.3, -0.25) is 14.4 Å². The molecule has 0 aliphatic carbocycles. The molecule has 2 aliphatic rings. The summed E-state index contributed by atoms with van der Waals surface area (Å²) in [6.07, 6.45) is 1.94. The lowest BCUT2D eigenvalue weighted by Gasteiger charge is -2.34. The molecule has 1 aromatic carbocycles. The highest BCUT2D eigenvalue weighted by atomic mass is 16.2. The molecule has 21 heavy (non-hydrogen) atoms. The molecule has 3 unspecified atom stereocenters. The number of ketones is 2. The van der Waals surface area contributed by atoms with Gasteiger partial charge in [0.2, 0.25) is 0 Å². The minimum absolute atomic E-state index is 0.0235. The first-order valence-electron chi connectivity index (χ1n) is 7.55. The van der Waals surface area contributed by atoms with Crippen molar-refractivity contribution in [3.8, 4) is 0 Å². The van der Waals surface area contributed by atoms with Gasteiger partial charge < -0.3 is 4.90 Å². The molecule has 0 bridgehead atoms. The predicted octanol–water partition coefficient (Wildman–Crippen LogP) is 2.47. The van der Waals surface area contributed by atoms with E-state index in [4.69, 9.17) is 0 Å². The number of carbonyl (C=O) groups excluding carboxylic acids is 3. The van der Waals surface area contributed by atoms with Crippen molar-refractivity contribution in [2.75, 3.05) is 0 Å². The number of rotatable bonds is 3. The van der Waals surface area contributed by atoms with E-state index in [1.165, 1.54) is 0 Å². The van der Waals surface area contributed by atoms with Gasteiger partial charge >= 0.3 is 0 Å². The van der Waals surface area contributed by atoms with Gasteiger partial charge in [0, 0.05) is 11.5 Å². The first kappa shape index (κ1) is 14.0. The van der Waals surface area contributed by atoms with Crippen molar-refractivity contribution in [2.45, 2.75) is 45.2 Å². The summed E-state index contributed by atoms with van der Waals surface area (Å²) in [6, 6.07) is 6.02. The summed E-state index contributed by atoms with van der Waals surface area (Å²) in [5.74, 6) is -0.187. The summed E-state index contributed by atoms with van der Waals surface area (Å²) in [6.45, 7) is 3.85. The number of carbonyl (C=O) groups is 3. The van der Waals surface area contributed by atoms with E-state index in [-0.39, 0.29) is 23.4 Å². The Hall–Kier alpha value is -1.97. The number of Topliss-reactive ketones (excluding diaryl/α,β-unsaturated/α-hetero) is 2. The maximum atomic E-state index is 12.7. The van der Waals surface area contributed by atoms with E-state index in [1.807, 2.05) is 13.8 Å². The molecule has 0 aromatic heterocycles. The minimum atomic E-state index is -0.453. The highest BCUT2D eigenvalue weighted by Gasteiger charge is 2.48. The molecular weight excluding hydrogens is 266 g/mol. The average Bonchev–Trinajstić information content (AvgIpc) is 2.96. The fraction of sp³-hybridized carbons (Fsp3) is 0.471. The molecule has 0 saturated carbocycles. The summed E-state index contributed by atoms with van der Waals surface area (Å²) in [5, 5.41) is 0. The van der Waals surface area contributed by atoms with Gasteiger partial charge in [0.25, 0.3) is 5.91 Å². The lowest BCUT2D eigenvalue weighted by Crippen LogP contribution is -2.52. The number of hydrogen-bond donors (Lipinski definition) is 0. The third-order valence-corrected chi connectivity index (χ3v) is 4.77. The third kappa shape index (κ3) is 2.01. The molecule has 110 valence electrons. The van der Waals surface area contributed by atoms with E-state index >= 15 is 0 Å². The van der Waals surface area contributed by atoms with Crippen LogP contribution in [0, 0.1) is 5.92 Å². The van der Waals surface area contributed by atoms with Gasteiger partial charge in [-0.25, -0.2) is 0 Å². The Morgan fingerprint density at radius 2 is 1.90 bits per heavy atom. The van der Waals surface area contributed by atoms with Gasteiger partial charge in [-0.2, -0.15) is 0 Å². The topological polar surface area (TPSA) is 54.5 Å². The van der Waals surface area contributed by atoms with Crippen LogP contribution in [-0.2, 0) is 4.79 Å². The lowest BCUT2D eigenvalue weighted by molar-refractivity contribution is -0.126. The summed E-state index contributed by atoms with van der Waals surface area (Å²) in [5.41, 5.74) is 0.933. The van der Waals surface area contributed by atoms with Crippen LogP contribution in [0.25, 0.3) is 0 Å². The average molecular weight is 285 g/mol. The van der Waals surface area contributed by atoms with Crippen LogP contribution in [0.5, 0.6) is 0 Å². The number of amides is 1.